The van der Waals surface area contributed by atoms with Gasteiger partial charge < -0.3 is 10.6 Å². The molecule has 0 saturated heterocycles. The molecule has 2 amide bonds. The Morgan fingerprint density at radius 3 is 2.04 bits per heavy atom. The molecule has 2 rings (SSSR count). The fourth-order valence-corrected chi connectivity index (χ4v) is 2.51. The average molecular weight is 422 g/mol. The molecule has 23 heavy (non-hydrogen) atoms. The second kappa shape index (κ2) is 7.12. The highest BCUT2D eigenvalue weighted by molar-refractivity contribution is 14.1. The number of nitrogens with one attached hydrogen (secondary N) is 2. The van der Waals surface area contributed by atoms with Gasteiger partial charge in [0.15, 0.2) is 0 Å². The van der Waals surface area contributed by atoms with Crippen molar-refractivity contribution in [1.82, 2.24) is 0 Å². The monoisotopic (exact) mass is 422 g/mol. The normalized spacial score (nSPS) is 11.0. The summed E-state index contributed by atoms with van der Waals surface area (Å²) in [4.78, 5) is 24.2. The smallest absolute Gasteiger partial charge is 0.314 e. The zero-order valence-electron chi connectivity index (χ0n) is 13.3. The van der Waals surface area contributed by atoms with E-state index in [2.05, 4.69) is 54.0 Å². The van der Waals surface area contributed by atoms with Gasteiger partial charge in [-0.3, -0.25) is 9.59 Å². The van der Waals surface area contributed by atoms with Crippen molar-refractivity contribution in [2.45, 2.75) is 26.2 Å². The molecule has 2 aromatic carbocycles. The van der Waals surface area contributed by atoms with Crippen LogP contribution in [-0.4, -0.2) is 11.8 Å². The summed E-state index contributed by atoms with van der Waals surface area (Å²) in [6, 6.07) is 14.8. The van der Waals surface area contributed by atoms with Crippen LogP contribution >= 0.6 is 22.6 Å². The van der Waals surface area contributed by atoms with E-state index in [0.29, 0.717) is 11.4 Å². The van der Waals surface area contributed by atoms with Crippen LogP contribution in [0.25, 0.3) is 0 Å². The van der Waals surface area contributed by atoms with Crippen molar-refractivity contribution in [3.63, 3.8) is 0 Å². The summed E-state index contributed by atoms with van der Waals surface area (Å²) in [6.07, 6.45) is 0. The van der Waals surface area contributed by atoms with Crippen molar-refractivity contribution in [2.75, 3.05) is 10.6 Å². The summed E-state index contributed by atoms with van der Waals surface area (Å²) in [5, 5.41) is 5.29. The lowest BCUT2D eigenvalue weighted by molar-refractivity contribution is -0.133. The Balaban J connectivity index is 2.10. The number of rotatable bonds is 2. The van der Waals surface area contributed by atoms with Crippen LogP contribution in [0.2, 0.25) is 0 Å². The van der Waals surface area contributed by atoms with Crippen LogP contribution < -0.4 is 10.6 Å². The Bertz CT molecular complexity index is 719. The summed E-state index contributed by atoms with van der Waals surface area (Å²) in [7, 11) is 0. The van der Waals surface area contributed by atoms with Crippen molar-refractivity contribution >= 4 is 45.8 Å². The van der Waals surface area contributed by atoms with E-state index in [1.54, 1.807) is 18.2 Å². The molecule has 0 atom stereocenters. The van der Waals surface area contributed by atoms with Gasteiger partial charge in [0.1, 0.15) is 0 Å². The minimum absolute atomic E-state index is 0.129. The van der Waals surface area contributed by atoms with E-state index in [-0.39, 0.29) is 5.41 Å². The quantitative estimate of drug-likeness (QED) is 0.564. The summed E-state index contributed by atoms with van der Waals surface area (Å²) in [6.45, 7) is 6.18. The van der Waals surface area contributed by atoms with Crippen molar-refractivity contribution in [3.05, 3.63) is 57.7 Å². The van der Waals surface area contributed by atoms with Crippen LogP contribution in [0.15, 0.2) is 48.5 Å². The number of carbonyl (C=O) groups excluding carboxylic acids is 2. The molecule has 2 N–H and O–H groups in total. The van der Waals surface area contributed by atoms with Crippen LogP contribution in [0.4, 0.5) is 11.4 Å². The molecule has 0 aliphatic heterocycles. The zero-order chi connectivity index (χ0) is 17.0. The predicted molar refractivity (Wildman–Crippen MR) is 102 cm³/mol. The van der Waals surface area contributed by atoms with Gasteiger partial charge >= 0.3 is 11.8 Å². The van der Waals surface area contributed by atoms with Gasteiger partial charge in [-0.2, -0.15) is 0 Å². The van der Waals surface area contributed by atoms with Gasteiger partial charge in [-0.25, -0.2) is 0 Å². The maximum atomic E-state index is 12.1. The highest BCUT2D eigenvalue weighted by Crippen LogP contribution is 2.29. The minimum atomic E-state index is -0.685. The van der Waals surface area contributed by atoms with E-state index < -0.39 is 11.8 Å². The number of benzene rings is 2. The van der Waals surface area contributed by atoms with E-state index in [9.17, 15) is 9.59 Å². The molecule has 0 unspecified atom stereocenters. The molecule has 0 fully saturated rings. The Hall–Kier alpha value is -1.89. The van der Waals surface area contributed by atoms with Gasteiger partial charge in [0.2, 0.25) is 0 Å². The van der Waals surface area contributed by atoms with E-state index in [4.69, 9.17) is 0 Å². The Morgan fingerprint density at radius 2 is 1.43 bits per heavy atom. The van der Waals surface area contributed by atoms with E-state index in [0.717, 1.165) is 9.13 Å². The topological polar surface area (TPSA) is 58.2 Å². The summed E-state index contributed by atoms with van der Waals surface area (Å²) >= 11 is 2.18. The maximum absolute atomic E-state index is 12.1. The van der Waals surface area contributed by atoms with E-state index >= 15 is 0 Å². The second-order valence-electron chi connectivity index (χ2n) is 6.21. The minimum Gasteiger partial charge on any atom is -0.318 e. The second-order valence-corrected chi connectivity index (χ2v) is 7.46. The molecule has 0 aliphatic rings. The summed E-state index contributed by atoms with van der Waals surface area (Å²) in [5.74, 6) is -1.37. The fraction of sp³-hybridized carbons (Fsp3) is 0.222. The number of halogens is 1. The molecule has 5 heteroatoms. The van der Waals surface area contributed by atoms with Crippen LogP contribution in [-0.2, 0) is 15.0 Å². The first-order chi connectivity index (χ1) is 10.8. The Morgan fingerprint density at radius 1 is 0.870 bits per heavy atom. The van der Waals surface area contributed by atoms with Crippen LogP contribution in [0.3, 0.4) is 0 Å². The molecule has 0 radical (unpaired) electrons. The van der Waals surface area contributed by atoms with Gasteiger partial charge in [-0.05, 0) is 63.9 Å². The number of hydrogen-bond donors (Lipinski definition) is 2. The third-order valence-electron chi connectivity index (χ3n) is 3.29. The van der Waals surface area contributed by atoms with Gasteiger partial charge in [-0.1, -0.05) is 39.0 Å². The standard InChI is InChI=1S/C18H19IN2O2/c1-18(2,3)14-6-4-5-7-15(14)21-17(23)16(22)20-13-10-8-12(19)9-11-13/h4-11H,1-3H3,(H,20,22)(H,21,23). The van der Waals surface area contributed by atoms with Crippen LogP contribution in [0.1, 0.15) is 26.3 Å². The Labute approximate surface area is 149 Å². The third kappa shape index (κ3) is 4.79. The lowest BCUT2D eigenvalue weighted by Crippen LogP contribution is -2.30. The number of amides is 2. The molecule has 0 saturated carbocycles. The van der Waals surface area contributed by atoms with Crippen molar-refractivity contribution < 1.29 is 9.59 Å². The van der Waals surface area contributed by atoms with Crippen molar-refractivity contribution in [2.24, 2.45) is 0 Å². The highest BCUT2D eigenvalue weighted by atomic mass is 127. The predicted octanol–water partition coefficient (Wildman–Crippen LogP) is 4.17. The largest absolute Gasteiger partial charge is 0.318 e. The molecule has 0 bridgehead atoms. The highest BCUT2D eigenvalue weighted by Gasteiger charge is 2.21. The average Bonchev–Trinajstić information content (AvgIpc) is 2.49. The zero-order valence-corrected chi connectivity index (χ0v) is 15.5. The molecule has 2 aromatic rings. The van der Waals surface area contributed by atoms with E-state index in [1.165, 1.54) is 0 Å². The van der Waals surface area contributed by atoms with Crippen LogP contribution in [0, 0.1) is 3.57 Å². The lowest BCUT2D eigenvalue weighted by atomic mass is 9.86. The van der Waals surface area contributed by atoms with Gasteiger partial charge in [0.25, 0.3) is 0 Å². The molecule has 0 aromatic heterocycles. The molecular formula is C18H19IN2O2. The molecule has 0 aliphatic carbocycles. The number of para-hydroxylation sites is 1. The van der Waals surface area contributed by atoms with E-state index in [1.807, 2.05) is 30.3 Å². The molecule has 120 valence electrons. The first kappa shape index (κ1) is 17.5. The van der Waals surface area contributed by atoms with Gasteiger partial charge in [-0.15, -0.1) is 0 Å². The van der Waals surface area contributed by atoms with Gasteiger partial charge in [0.05, 0.1) is 0 Å². The SMILES string of the molecule is CC(C)(C)c1ccccc1NC(=O)C(=O)Nc1ccc(I)cc1. The van der Waals surface area contributed by atoms with Crippen molar-refractivity contribution in [3.8, 4) is 0 Å². The van der Waals surface area contributed by atoms with Crippen LogP contribution in [0.5, 0.6) is 0 Å². The summed E-state index contributed by atoms with van der Waals surface area (Å²) in [5.41, 5.74) is 2.10. The molecule has 4 nitrogen and oxygen atoms in total. The lowest BCUT2D eigenvalue weighted by Gasteiger charge is -2.22. The molecule has 0 spiro atoms. The van der Waals surface area contributed by atoms with Gasteiger partial charge in [0, 0.05) is 14.9 Å². The third-order valence-corrected chi connectivity index (χ3v) is 4.01. The number of carbonyl (C=O) groups is 2. The summed E-state index contributed by atoms with van der Waals surface area (Å²) < 4.78 is 1.06. The molecule has 0 heterocycles. The van der Waals surface area contributed by atoms with Crippen molar-refractivity contribution in [1.29, 1.82) is 0 Å². The first-order valence-electron chi connectivity index (χ1n) is 7.25. The Kier molecular flexibility index (Phi) is 5.41. The maximum Gasteiger partial charge on any atom is 0.314 e. The first-order valence-corrected chi connectivity index (χ1v) is 8.32. The number of hydrogen-bond acceptors (Lipinski definition) is 2. The fourth-order valence-electron chi connectivity index (χ4n) is 2.15. The number of anilines is 2. The molecular weight excluding hydrogens is 403 g/mol.